The third-order valence-electron chi connectivity index (χ3n) is 4.28. The smallest absolute Gasteiger partial charge is 0.291 e. The van der Waals surface area contributed by atoms with Gasteiger partial charge in [0.05, 0.1) is 11.8 Å². The fourth-order valence-corrected chi connectivity index (χ4v) is 4.23. The molecule has 1 saturated carbocycles. The number of nitrogens with one attached hydrogen (secondary N) is 2. The number of furan rings is 1. The van der Waals surface area contributed by atoms with Gasteiger partial charge in [0.15, 0.2) is 5.76 Å². The van der Waals surface area contributed by atoms with Crippen molar-refractivity contribution in [3.05, 3.63) is 40.2 Å². The maximum Gasteiger partial charge on any atom is 0.291 e. The van der Waals surface area contributed by atoms with E-state index in [1.165, 1.54) is 22.5 Å². The van der Waals surface area contributed by atoms with E-state index in [0.717, 1.165) is 44.1 Å². The lowest BCUT2D eigenvalue weighted by atomic mass is 9.95. The summed E-state index contributed by atoms with van der Waals surface area (Å²) < 4.78 is 5.14. The van der Waals surface area contributed by atoms with E-state index in [4.69, 9.17) is 4.42 Å². The van der Waals surface area contributed by atoms with Gasteiger partial charge in [-0.2, -0.15) is 0 Å². The molecule has 120 valence electrons. The molecular formula is C17H18N2O3S. The Hall–Kier alpha value is -2.08. The first-order valence-electron chi connectivity index (χ1n) is 8.02. The first-order chi connectivity index (χ1) is 11.2. The Morgan fingerprint density at radius 3 is 2.74 bits per heavy atom. The van der Waals surface area contributed by atoms with E-state index in [-0.39, 0.29) is 17.6 Å². The topological polar surface area (TPSA) is 71.3 Å². The van der Waals surface area contributed by atoms with E-state index in [1.807, 2.05) is 0 Å². The van der Waals surface area contributed by atoms with Crippen LogP contribution in [-0.2, 0) is 12.8 Å². The molecule has 2 aromatic rings. The highest BCUT2D eigenvalue weighted by Gasteiger charge is 2.30. The monoisotopic (exact) mass is 330 g/mol. The Bertz CT molecular complexity index is 744. The van der Waals surface area contributed by atoms with E-state index in [2.05, 4.69) is 10.6 Å². The fraction of sp³-hybridized carbons (Fsp3) is 0.412. The highest BCUT2D eigenvalue weighted by Crippen LogP contribution is 2.38. The van der Waals surface area contributed by atoms with Crippen LogP contribution in [0.3, 0.4) is 0 Å². The van der Waals surface area contributed by atoms with E-state index in [9.17, 15) is 9.59 Å². The number of carbonyl (C=O) groups excluding carboxylic acids is 2. The van der Waals surface area contributed by atoms with E-state index in [0.29, 0.717) is 16.6 Å². The van der Waals surface area contributed by atoms with Crippen molar-refractivity contribution in [2.75, 3.05) is 5.32 Å². The van der Waals surface area contributed by atoms with Crippen LogP contribution in [0.25, 0.3) is 0 Å². The number of hydrogen-bond acceptors (Lipinski definition) is 4. The summed E-state index contributed by atoms with van der Waals surface area (Å²) in [6, 6.07) is 3.59. The number of carbonyl (C=O) groups is 2. The maximum absolute atomic E-state index is 12.6. The van der Waals surface area contributed by atoms with Crippen LogP contribution in [0.1, 0.15) is 57.0 Å². The Morgan fingerprint density at radius 1 is 1.17 bits per heavy atom. The average molecular weight is 330 g/mol. The van der Waals surface area contributed by atoms with Crippen molar-refractivity contribution in [2.24, 2.45) is 0 Å². The molecule has 4 rings (SSSR count). The van der Waals surface area contributed by atoms with Crippen molar-refractivity contribution >= 4 is 28.2 Å². The Morgan fingerprint density at radius 2 is 2.00 bits per heavy atom. The summed E-state index contributed by atoms with van der Waals surface area (Å²) in [5, 5.41) is 6.57. The van der Waals surface area contributed by atoms with Crippen LogP contribution in [0.5, 0.6) is 0 Å². The molecule has 0 spiro atoms. The van der Waals surface area contributed by atoms with Gasteiger partial charge >= 0.3 is 0 Å². The zero-order valence-corrected chi connectivity index (χ0v) is 13.5. The minimum absolute atomic E-state index is 0.0540. The second-order valence-electron chi connectivity index (χ2n) is 6.09. The molecule has 1 fully saturated rings. The molecule has 0 radical (unpaired) electrons. The summed E-state index contributed by atoms with van der Waals surface area (Å²) in [4.78, 5) is 26.1. The average Bonchev–Trinajstić information content (AvgIpc) is 3.06. The zero-order chi connectivity index (χ0) is 15.8. The van der Waals surface area contributed by atoms with Crippen molar-refractivity contribution < 1.29 is 14.0 Å². The van der Waals surface area contributed by atoms with Crippen LogP contribution in [0.2, 0.25) is 0 Å². The lowest BCUT2D eigenvalue weighted by molar-refractivity contribution is 0.0951. The molecule has 2 heterocycles. The third-order valence-corrected chi connectivity index (χ3v) is 5.49. The van der Waals surface area contributed by atoms with Gasteiger partial charge in [-0.05, 0) is 56.2 Å². The molecule has 5 nitrogen and oxygen atoms in total. The molecule has 2 aliphatic carbocycles. The van der Waals surface area contributed by atoms with Crippen molar-refractivity contribution in [2.45, 2.75) is 44.6 Å². The summed E-state index contributed by atoms with van der Waals surface area (Å²) in [6.45, 7) is 0. The summed E-state index contributed by atoms with van der Waals surface area (Å²) in [5.74, 6) is -0.111. The van der Waals surface area contributed by atoms with Gasteiger partial charge in [-0.3, -0.25) is 9.59 Å². The van der Waals surface area contributed by atoms with Crippen LogP contribution in [0.4, 0.5) is 5.00 Å². The lowest BCUT2D eigenvalue weighted by Gasteiger charge is -2.13. The molecule has 0 bridgehead atoms. The number of fused-ring (bicyclic) bond motifs is 1. The van der Waals surface area contributed by atoms with Gasteiger partial charge in [0.1, 0.15) is 5.00 Å². The fourth-order valence-electron chi connectivity index (χ4n) is 2.95. The molecule has 2 amide bonds. The highest BCUT2D eigenvalue weighted by molar-refractivity contribution is 7.17. The Kier molecular flexibility index (Phi) is 3.69. The van der Waals surface area contributed by atoms with E-state index >= 15 is 0 Å². The van der Waals surface area contributed by atoms with Crippen LogP contribution in [0, 0.1) is 0 Å². The molecule has 2 aromatic heterocycles. The van der Waals surface area contributed by atoms with Gasteiger partial charge in [-0.25, -0.2) is 0 Å². The van der Waals surface area contributed by atoms with Gasteiger partial charge in [0.25, 0.3) is 11.8 Å². The third kappa shape index (κ3) is 2.91. The second kappa shape index (κ2) is 5.85. The number of rotatable bonds is 4. The van der Waals surface area contributed by atoms with E-state index < -0.39 is 0 Å². The number of thiophene rings is 1. The molecule has 0 atom stereocenters. The Balaban J connectivity index is 1.65. The molecule has 0 saturated heterocycles. The van der Waals surface area contributed by atoms with Crippen LogP contribution in [-0.4, -0.2) is 17.9 Å². The van der Waals surface area contributed by atoms with Crippen LogP contribution >= 0.6 is 11.3 Å². The molecule has 2 N–H and O–H groups in total. The van der Waals surface area contributed by atoms with Crippen molar-refractivity contribution in [3.63, 3.8) is 0 Å². The molecule has 6 heteroatoms. The van der Waals surface area contributed by atoms with Gasteiger partial charge < -0.3 is 15.1 Å². The quantitative estimate of drug-likeness (QED) is 0.903. The van der Waals surface area contributed by atoms with Gasteiger partial charge in [-0.1, -0.05) is 0 Å². The van der Waals surface area contributed by atoms with Crippen molar-refractivity contribution in [3.8, 4) is 0 Å². The first-order valence-corrected chi connectivity index (χ1v) is 8.84. The standard InChI is InChI=1S/C17H18N2O3S/c20-15(12-5-3-9-22-12)19-17-14(16(21)18-10-7-8-10)11-4-1-2-6-13(11)23-17/h3,5,9-10H,1-2,4,6-8H2,(H,18,21)(H,19,20). The Labute approximate surface area is 138 Å². The predicted octanol–water partition coefficient (Wildman–Crippen LogP) is 3.36. The number of amides is 2. The largest absolute Gasteiger partial charge is 0.459 e. The molecule has 0 unspecified atom stereocenters. The van der Waals surface area contributed by atoms with Crippen LogP contribution < -0.4 is 10.6 Å². The van der Waals surface area contributed by atoms with Gasteiger partial charge in [0, 0.05) is 10.9 Å². The lowest BCUT2D eigenvalue weighted by Crippen LogP contribution is -2.27. The molecule has 23 heavy (non-hydrogen) atoms. The maximum atomic E-state index is 12.6. The van der Waals surface area contributed by atoms with Crippen LogP contribution in [0.15, 0.2) is 22.8 Å². The number of anilines is 1. The second-order valence-corrected chi connectivity index (χ2v) is 7.20. The van der Waals surface area contributed by atoms with E-state index in [1.54, 1.807) is 12.1 Å². The molecule has 0 aliphatic heterocycles. The summed E-state index contributed by atoms with van der Waals surface area (Å²) in [6.07, 6.45) is 7.70. The normalized spacial score (nSPS) is 16.7. The number of hydrogen-bond donors (Lipinski definition) is 2. The van der Waals surface area contributed by atoms with Crippen molar-refractivity contribution in [1.82, 2.24) is 5.32 Å². The minimum atomic E-state index is -0.311. The highest BCUT2D eigenvalue weighted by atomic mass is 32.1. The zero-order valence-electron chi connectivity index (χ0n) is 12.7. The van der Waals surface area contributed by atoms with Gasteiger partial charge in [0.2, 0.25) is 0 Å². The SMILES string of the molecule is O=C(Nc1sc2c(c1C(=O)NC1CC1)CCCC2)c1ccco1. The summed E-state index contributed by atoms with van der Waals surface area (Å²) in [7, 11) is 0. The molecular weight excluding hydrogens is 312 g/mol. The summed E-state index contributed by atoms with van der Waals surface area (Å²) >= 11 is 1.53. The molecule has 2 aliphatic rings. The van der Waals surface area contributed by atoms with Crippen molar-refractivity contribution in [1.29, 1.82) is 0 Å². The number of aryl methyl sites for hydroxylation is 1. The molecule has 0 aromatic carbocycles. The van der Waals surface area contributed by atoms with Gasteiger partial charge in [-0.15, -0.1) is 11.3 Å². The predicted molar refractivity (Wildman–Crippen MR) is 88.1 cm³/mol. The summed E-state index contributed by atoms with van der Waals surface area (Å²) in [5.41, 5.74) is 1.78. The minimum Gasteiger partial charge on any atom is -0.459 e. The first kappa shape index (κ1) is 14.5.